The van der Waals surface area contributed by atoms with E-state index in [1.807, 2.05) is 36.4 Å². The third-order valence-electron chi connectivity index (χ3n) is 4.23. The van der Waals surface area contributed by atoms with Crippen LogP contribution in [0.4, 0.5) is 13.2 Å². The average molecular weight is 646 g/mol. The number of ether oxygens (including phenoxy) is 1. The van der Waals surface area contributed by atoms with Gasteiger partial charge in [-0.25, -0.2) is 0 Å². The van der Waals surface area contributed by atoms with E-state index in [1.165, 1.54) is 12.1 Å². The van der Waals surface area contributed by atoms with Crippen molar-refractivity contribution in [2.45, 2.75) is 32.0 Å². The molecule has 4 rings (SSSR count). The Morgan fingerprint density at radius 3 is 1.68 bits per heavy atom. The normalized spacial score (nSPS) is 14.8. The van der Waals surface area contributed by atoms with Crippen LogP contribution in [0, 0.1) is 0 Å². The van der Waals surface area contributed by atoms with Crippen LogP contribution in [-0.4, -0.2) is 30.2 Å². The SMILES string of the molecule is CC1(C)CC(=CC=O)c2ccc(C(F)(F)F)cc2O1.[O]=[Cr](=[O])([OH])[O][Cr](=[O])(=[O])[OH].c1ccncc1.c1ccncc1. The molecule has 1 aliphatic heterocycles. The number of hydrogen-bond donors (Lipinski definition) is 2. The van der Waals surface area contributed by atoms with E-state index in [-0.39, 0.29) is 5.75 Å². The van der Waals surface area contributed by atoms with Gasteiger partial charge in [-0.3, -0.25) is 14.8 Å². The van der Waals surface area contributed by atoms with Crippen molar-refractivity contribution in [3.05, 3.63) is 96.6 Å². The van der Waals surface area contributed by atoms with Crippen LogP contribution in [0.3, 0.4) is 0 Å². The Hall–Kier alpha value is -3.34. The van der Waals surface area contributed by atoms with Crippen LogP contribution in [0.15, 0.2) is 85.5 Å². The molecule has 0 fully saturated rings. The van der Waals surface area contributed by atoms with Crippen LogP contribution < -0.4 is 4.74 Å². The Bertz CT molecular complexity index is 1330. The van der Waals surface area contributed by atoms with Crippen LogP contribution in [0.1, 0.15) is 31.4 Å². The summed E-state index contributed by atoms with van der Waals surface area (Å²) >= 11 is -11.5. The first kappa shape index (κ1) is 34.7. The predicted octanol–water partition coefficient (Wildman–Crippen LogP) is 4.35. The monoisotopic (exact) mass is 646 g/mol. The van der Waals surface area contributed by atoms with Gasteiger partial charge >= 0.3 is 59.8 Å². The molecule has 16 heteroatoms. The van der Waals surface area contributed by atoms with Gasteiger partial charge in [0, 0.05) is 36.8 Å². The standard InChI is InChI=1S/C14H13F3O2.2C5H5N.2Cr.2H2O.5O/c1-13(2)8-9(5-6-18)11-4-3-10(14(15,16)17)7-12(11)19-13;2*1-2-4-6-5-3-1;;;;;;;;;/h3-7H,8H2,1-2H3;2*1-5H;;;2*1H2;;;;;/q;;;2*+1;;;;;;;/p-2. The van der Waals surface area contributed by atoms with Crippen molar-refractivity contribution in [1.29, 1.82) is 0 Å². The number of alkyl halides is 3. The third-order valence-corrected chi connectivity index (χ3v) is 6.98. The van der Waals surface area contributed by atoms with Crippen LogP contribution in [-0.2, 0) is 56.3 Å². The molecule has 0 radical (unpaired) electrons. The summed E-state index contributed by atoms with van der Waals surface area (Å²) < 4.78 is 99.8. The molecule has 1 aliphatic rings. The number of allylic oxidation sites excluding steroid dienone is 1. The van der Waals surface area contributed by atoms with Gasteiger partial charge in [0.05, 0.1) is 5.56 Å². The average Bonchev–Trinajstić information content (AvgIpc) is 2.84. The summed E-state index contributed by atoms with van der Waals surface area (Å²) in [6.07, 6.45) is 5.08. The quantitative estimate of drug-likeness (QED) is 0.306. The second kappa shape index (κ2) is 15.5. The molecule has 3 heterocycles. The summed E-state index contributed by atoms with van der Waals surface area (Å²) in [6.45, 7) is 3.55. The van der Waals surface area contributed by atoms with E-state index in [2.05, 4.69) is 12.8 Å². The molecule has 11 nitrogen and oxygen atoms in total. The summed E-state index contributed by atoms with van der Waals surface area (Å²) in [5.41, 5.74) is -0.157. The molecule has 0 saturated heterocycles. The Balaban J connectivity index is 0.000000313. The summed E-state index contributed by atoms with van der Waals surface area (Å²) in [6, 6.07) is 14.8. The fourth-order valence-corrected chi connectivity index (χ4v) is 4.64. The smallest absolute Gasteiger partial charge is 0.0267 e. The number of fused-ring (bicyclic) bond motifs is 1. The van der Waals surface area contributed by atoms with Crippen LogP contribution in [0.25, 0.3) is 5.57 Å². The number of aromatic nitrogens is 2. The predicted molar refractivity (Wildman–Crippen MR) is 122 cm³/mol. The molecule has 1 aromatic carbocycles. The Morgan fingerprint density at radius 1 is 0.900 bits per heavy atom. The van der Waals surface area contributed by atoms with Gasteiger partial charge in [0.15, 0.2) is 0 Å². The number of carbonyl (C=O) groups is 1. The summed E-state index contributed by atoms with van der Waals surface area (Å²) in [4.78, 5) is 18.2. The molecular formula is C24H25Cr2F3N2O9. The van der Waals surface area contributed by atoms with Gasteiger partial charge in [-0.15, -0.1) is 0 Å². The van der Waals surface area contributed by atoms with Gasteiger partial charge < -0.3 is 4.74 Å². The molecule has 0 saturated carbocycles. The molecule has 40 heavy (non-hydrogen) atoms. The number of carbonyl (C=O) groups excluding carboxylic acids is 1. The molecule has 0 aliphatic carbocycles. The molecule has 2 N–H and O–H groups in total. The van der Waals surface area contributed by atoms with E-state index in [1.54, 1.807) is 38.6 Å². The molecule has 0 atom stereocenters. The second-order valence-electron chi connectivity index (χ2n) is 8.05. The Labute approximate surface area is 232 Å². The molecule has 0 spiro atoms. The molecule has 0 bridgehead atoms. The van der Waals surface area contributed by atoms with Gasteiger partial charge in [0.2, 0.25) is 0 Å². The first-order chi connectivity index (χ1) is 18.4. The maximum absolute atomic E-state index is 12.7. The van der Waals surface area contributed by atoms with Crippen molar-refractivity contribution >= 4 is 11.9 Å². The van der Waals surface area contributed by atoms with Crippen molar-refractivity contribution in [3.63, 3.8) is 0 Å². The number of pyridine rings is 2. The molecule has 0 unspecified atom stereocenters. The fraction of sp³-hybridized carbons (Fsp3) is 0.208. The Morgan fingerprint density at radius 2 is 1.38 bits per heavy atom. The fourth-order valence-electron chi connectivity index (χ4n) is 2.90. The molecular weight excluding hydrogens is 621 g/mol. The van der Waals surface area contributed by atoms with Gasteiger partial charge in [0.25, 0.3) is 0 Å². The topological polar surface area (TPSA) is 170 Å². The van der Waals surface area contributed by atoms with Gasteiger partial charge in [-0.2, -0.15) is 13.2 Å². The summed E-state index contributed by atoms with van der Waals surface area (Å²) in [5.74, 6) is 0.166. The van der Waals surface area contributed by atoms with E-state index in [9.17, 15) is 33.2 Å². The zero-order chi connectivity index (χ0) is 30.5. The molecule has 0 amide bonds. The van der Waals surface area contributed by atoms with E-state index < -0.39 is 44.6 Å². The van der Waals surface area contributed by atoms with Crippen molar-refractivity contribution in [2.24, 2.45) is 0 Å². The number of halogens is 3. The van der Waals surface area contributed by atoms with Crippen molar-refractivity contribution < 1.29 is 76.3 Å². The van der Waals surface area contributed by atoms with Gasteiger partial charge in [-0.1, -0.05) is 18.2 Å². The molecule has 3 aromatic rings. The first-order valence-electron chi connectivity index (χ1n) is 10.8. The van der Waals surface area contributed by atoms with Gasteiger partial charge in [-0.05, 0) is 61.9 Å². The first-order valence-corrected chi connectivity index (χ1v) is 15.1. The number of rotatable bonds is 3. The van der Waals surface area contributed by atoms with Crippen molar-refractivity contribution in [1.82, 2.24) is 9.97 Å². The zero-order valence-electron chi connectivity index (χ0n) is 21.0. The largest absolute Gasteiger partial charge is 0.265 e. The number of aldehydes is 1. The minimum absolute atomic E-state index is 0.166. The summed E-state index contributed by atoms with van der Waals surface area (Å²) in [5, 5.41) is 0. The third kappa shape index (κ3) is 15.3. The van der Waals surface area contributed by atoms with E-state index in [0.717, 1.165) is 12.1 Å². The van der Waals surface area contributed by atoms with Gasteiger partial charge in [0.1, 0.15) is 17.6 Å². The van der Waals surface area contributed by atoms with Crippen LogP contribution >= 0.6 is 0 Å². The number of nitrogens with zero attached hydrogens (tertiary/aromatic N) is 2. The number of benzene rings is 1. The number of hydrogen-bond acceptors (Lipinski definition) is 9. The summed E-state index contributed by atoms with van der Waals surface area (Å²) in [7, 11) is 0. The van der Waals surface area contributed by atoms with E-state index >= 15 is 0 Å². The minimum Gasteiger partial charge on any atom is -0.265 e. The van der Waals surface area contributed by atoms with Crippen LogP contribution in [0.5, 0.6) is 5.75 Å². The maximum Gasteiger partial charge on any atom is 0.0267 e. The molecule has 2 aromatic heterocycles. The van der Waals surface area contributed by atoms with Crippen molar-refractivity contribution in [2.75, 3.05) is 0 Å². The minimum atomic E-state index is -5.76. The second-order valence-corrected chi connectivity index (χ2v) is 11.8. The molecule has 218 valence electrons. The Kier molecular flexibility index (Phi) is 13.4. The van der Waals surface area contributed by atoms with E-state index in [4.69, 9.17) is 13.1 Å². The van der Waals surface area contributed by atoms with E-state index in [0.29, 0.717) is 23.8 Å². The zero-order valence-corrected chi connectivity index (χ0v) is 23.5. The van der Waals surface area contributed by atoms with Crippen molar-refractivity contribution in [3.8, 4) is 5.75 Å². The maximum atomic E-state index is 12.7. The van der Waals surface area contributed by atoms with Crippen LogP contribution in [0.2, 0.25) is 0 Å².